The fourth-order valence-corrected chi connectivity index (χ4v) is 6.93. The quantitative estimate of drug-likeness (QED) is 0.436. The van der Waals surface area contributed by atoms with Gasteiger partial charge in [-0.1, -0.05) is 49.8 Å². The number of cyclic esters (lactones) is 1. The van der Waals surface area contributed by atoms with E-state index in [-0.39, 0.29) is 37.5 Å². The van der Waals surface area contributed by atoms with Gasteiger partial charge in [0.1, 0.15) is 17.6 Å². The van der Waals surface area contributed by atoms with Crippen LogP contribution in [0.15, 0.2) is 48.6 Å². The molecule has 4 heterocycles. The molecule has 6 atom stereocenters. The molecule has 4 aliphatic heterocycles. The molecular weight excluding hydrogens is 520 g/mol. The van der Waals surface area contributed by atoms with Crippen molar-refractivity contribution >= 4 is 35.1 Å². The number of amides is 2. The number of carbonyl (C=O) groups is 3. The second-order valence-electron chi connectivity index (χ2n) is 11.6. The Bertz CT molecular complexity index is 1180. The molecule has 0 bridgehead atoms. The minimum Gasteiger partial charge on any atom is -0.465 e. The smallest absolute Gasteiger partial charge is 0.313 e. The van der Waals surface area contributed by atoms with E-state index in [0.717, 1.165) is 19.3 Å². The first-order chi connectivity index (χ1) is 18.6. The van der Waals surface area contributed by atoms with Gasteiger partial charge >= 0.3 is 5.97 Å². The van der Waals surface area contributed by atoms with E-state index in [2.05, 4.69) is 0 Å². The van der Waals surface area contributed by atoms with Gasteiger partial charge in [-0.3, -0.25) is 14.4 Å². The molecule has 2 saturated heterocycles. The first kappa shape index (κ1) is 27.9. The SMILES string of the molecule is CC(C)C[C@H](CO)N1C(=O)[C@@H]2[C@@H]3C(=O)OCCCC/C=C\[C@]3(C)O[C@@]23C=CCN(c2ccc(Cl)cc2)C(=O)C13. The zero-order chi connectivity index (χ0) is 27.9. The number of esters is 1. The molecule has 210 valence electrons. The highest BCUT2D eigenvalue weighted by molar-refractivity contribution is 6.30. The summed E-state index contributed by atoms with van der Waals surface area (Å²) >= 11 is 6.11. The zero-order valence-electron chi connectivity index (χ0n) is 22.7. The largest absolute Gasteiger partial charge is 0.465 e. The van der Waals surface area contributed by atoms with E-state index < -0.39 is 41.1 Å². The number of fused-ring (bicyclic) bond motifs is 2. The lowest BCUT2D eigenvalue weighted by atomic mass is 9.74. The second kappa shape index (κ2) is 10.7. The molecule has 9 heteroatoms. The van der Waals surface area contributed by atoms with Crippen LogP contribution in [0, 0.1) is 17.8 Å². The number of likely N-dealkylation sites (tertiary alicyclic amines) is 1. The Kier molecular flexibility index (Phi) is 7.65. The van der Waals surface area contributed by atoms with Gasteiger partial charge in [-0.2, -0.15) is 0 Å². The van der Waals surface area contributed by atoms with Gasteiger partial charge in [0.25, 0.3) is 5.91 Å². The predicted molar refractivity (Wildman–Crippen MR) is 147 cm³/mol. The Morgan fingerprint density at radius 2 is 1.79 bits per heavy atom. The average molecular weight is 557 g/mol. The number of ether oxygens (including phenoxy) is 2. The Labute approximate surface area is 234 Å². The number of hydrogen-bond acceptors (Lipinski definition) is 6. The molecule has 0 radical (unpaired) electrons. The number of hydrogen-bond donors (Lipinski definition) is 1. The van der Waals surface area contributed by atoms with Crippen molar-refractivity contribution in [1.82, 2.24) is 4.90 Å². The van der Waals surface area contributed by atoms with Crippen molar-refractivity contribution in [3.8, 4) is 0 Å². The predicted octanol–water partition coefficient (Wildman–Crippen LogP) is 3.90. The molecular formula is C30H37ClN2O6. The third-order valence-electron chi connectivity index (χ3n) is 8.42. The molecule has 39 heavy (non-hydrogen) atoms. The van der Waals surface area contributed by atoms with Crippen molar-refractivity contribution < 1.29 is 29.0 Å². The van der Waals surface area contributed by atoms with Crippen LogP contribution in [0.4, 0.5) is 5.69 Å². The minimum absolute atomic E-state index is 0.155. The lowest BCUT2D eigenvalue weighted by Crippen LogP contribution is -2.59. The number of halogens is 1. The van der Waals surface area contributed by atoms with Crippen molar-refractivity contribution in [2.24, 2.45) is 17.8 Å². The molecule has 5 rings (SSSR count). The summed E-state index contributed by atoms with van der Waals surface area (Å²) in [4.78, 5) is 45.7. The summed E-state index contributed by atoms with van der Waals surface area (Å²) in [5.41, 5.74) is -1.92. The zero-order valence-corrected chi connectivity index (χ0v) is 23.5. The molecule has 4 aliphatic rings. The first-order valence-electron chi connectivity index (χ1n) is 13.8. The number of rotatable bonds is 5. The lowest BCUT2D eigenvalue weighted by Gasteiger charge is -2.40. The van der Waals surface area contributed by atoms with Gasteiger partial charge in [0, 0.05) is 17.3 Å². The standard InChI is InChI=1S/C30H37ClN2O6/c1-19(2)17-22(18-34)33-25-27(36)32(21-11-9-20(31)10-12-21)15-8-14-30(25)23(26(33)35)24-28(37)38-16-7-5-4-6-13-29(24,3)39-30/h6,8-14,19,22-25,34H,4-5,7,15-18H2,1-3H3/b13-6-/t22-,23+,24-,25?,29+,30+/m1/s1. The van der Waals surface area contributed by atoms with E-state index in [1.165, 1.54) is 4.90 Å². The van der Waals surface area contributed by atoms with Gasteiger partial charge in [-0.05, 0) is 62.8 Å². The summed E-state index contributed by atoms with van der Waals surface area (Å²) in [5, 5.41) is 11.0. The molecule has 0 aliphatic carbocycles. The summed E-state index contributed by atoms with van der Waals surface area (Å²) in [6.45, 7) is 6.03. The third-order valence-corrected chi connectivity index (χ3v) is 8.68. The maximum absolute atomic E-state index is 14.5. The average Bonchev–Trinajstić information content (AvgIpc) is 3.23. The molecule has 0 saturated carbocycles. The van der Waals surface area contributed by atoms with Gasteiger partial charge < -0.3 is 24.4 Å². The van der Waals surface area contributed by atoms with Crippen molar-refractivity contribution in [2.45, 2.75) is 69.7 Å². The van der Waals surface area contributed by atoms with Gasteiger partial charge in [-0.25, -0.2) is 0 Å². The molecule has 1 aromatic carbocycles. The van der Waals surface area contributed by atoms with E-state index in [9.17, 15) is 19.5 Å². The monoisotopic (exact) mass is 556 g/mol. The fourth-order valence-electron chi connectivity index (χ4n) is 6.80. The summed E-state index contributed by atoms with van der Waals surface area (Å²) in [7, 11) is 0. The van der Waals surface area contributed by atoms with Crippen LogP contribution in [-0.2, 0) is 23.9 Å². The third kappa shape index (κ3) is 4.70. The summed E-state index contributed by atoms with van der Waals surface area (Å²) < 4.78 is 12.5. The van der Waals surface area contributed by atoms with Crippen molar-refractivity contribution in [2.75, 3.05) is 24.7 Å². The van der Waals surface area contributed by atoms with Crippen LogP contribution in [0.5, 0.6) is 0 Å². The number of nitrogens with zero attached hydrogens (tertiary/aromatic N) is 2. The van der Waals surface area contributed by atoms with Crippen LogP contribution in [0.25, 0.3) is 0 Å². The Morgan fingerprint density at radius 1 is 1.05 bits per heavy atom. The van der Waals surface area contributed by atoms with E-state index >= 15 is 0 Å². The number of aliphatic hydroxyl groups excluding tert-OH is 1. The highest BCUT2D eigenvalue weighted by Crippen LogP contribution is 2.57. The Balaban J connectivity index is 1.67. The Hall–Kier alpha value is -2.68. The number of carbonyl (C=O) groups excluding carboxylic acids is 3. The van der Waals surface area contributed by atoms with Crippen LogP contribution in [0.1, 0.15) is 46.5 Å². The topological polar surface area (TPSA) is 96.4 Å². The van der Waals surface area contributed by atoms with Crippen LogP contribution in [0.2, 0.25) is 5.02 Å². The molecule has 1 aromatic rings. The minimum atomic E-state index is -1.41. The number of aliphatic hydroxyl groups is 1. The van der Waals surface area contributed by atoms with Gasteiger partial charge in [0.05, 0.1) is 30.8 Å². The maximum Gasteiger partial charge on any atom is 0.313 e. The Morgan fingerprint density at radius 3 is 2.49 bits per heavy atom. The first-order valence-corrected chi connectivity index (χ1v) is 14.2. The van der Waals surface area contributed by atoms with E-state index in [1.807, 2.05) is 32.1 Å². The highest BCUT2D eigenvalue weighted by atomic mass is 35.5. The molecule has 1 N–H and O–H groups in total. The van der Waals surface area contributed by atoms with Crippen molar-refractivity contribution in [3.05, 3.63) is 53.6 Å². The summed E-state index contributed by atoms with van der Waals surface area (Å²) in [6, 6.07) is 5.27. The molecule has 2 fully saturated rings. The number of allylic oxidation sites excluding steroid dienone is 1. The molecule has 1 spiro atoms. The van der Waals surface area contributed by atoms with E-state index in [1.54, 1.807) is 42.2 Å². The lowest BCUT2D eigenvalue weighted by molar-refractivity contribution is -0.160. The highest BCUT2D eigenvalue weighted by Gasteiger charge is 2.75. The van der Waals surface area contributed by atoms with Crippen LogP contribution in [-0.4, -0.2) is 70.8 Å². The van der Waals surface area contributed by atoms with E-state index in [4.69, 9.17) is 21.1 Å². The molecule has 2 amide bonds. The molecule has 1 unspecified atom stereocenters. The normalized spacial score (nSPS) is 34.3. The van der Waals surface area contributed by atoms with Crippen molar-refractivity contribution in [3.63, 3.8) is 0 Å². The van der Waals surface area contributed by atoms with Gasteiger partial charge in [0.2, 0.25) is 5.91 Å². The summed E-state index contributed by atoms with van der Waals surface area (Å²) in [5.74, 6) is -2.95. The van der Waals surface area contributed by atoms with E-state index in [0.29, 0.717) is 17.1 Å². The fraction of sp³-hybridized carbons (Fsp3) is 0.567. The van der Waals surface area contributed by atoms with Gasteiger partial charge in [-0.15, -0.1) is 0 Å². The van der Waals surface area contributed by atoms with Crippen LogP contribution in [0.3, 0.4) is 0 Å². The number of benzene rings is 1. The second-order valence-corrected chi connectivity index (χ2v) is 12.0. The number of anilines is 1. The maximum atomic E-state index is 14.5. The van der Waals surface area contributed by atoms with Crippen LogP contribution < -0.4 is 4.90 Å². The molecule has 0 aromatic heterocycles. The van der Waals surface area contributed by atoms with Gasteiger partial charge in [0.15, 0.2) is 0 Å². The van der Waals surface area contributed by atoms with Crippen LogP contribution >= 0.6 is 11.6 Å². The van der Waals surface area contributed by atoms with Crippen molar-refractivity contribution in [1.29, 1.82) is 0 Å². The summed E-state index contributed by atoms with van der Waals surface area (Å²) in [6.07, 6.45) is 10.4. The molecule has 8 nitrogen and oxygen atoms in total.